The molecule has 2 saturated heterocycles. The van der Waals surface area contributed by atoms with E-state index in [0.717, 1.165) is 17.7 Å². The van der Waals surface area contributed by atoms with Crippen molar-refractivity contribution in [1.29, 1.82) is 0 Å². The lowest BCUT2D eigenvalue weighted by Crippen LogP contribution is -2.57. The summed E-state index contributed by atoms with van der Waals surface area (Å²) in [7, 11) is 4.94. The van der Waals surface area contributed by atoms with Crippen molar-refractivity contribution in [3.8, 4) is 439 Å². The average Bonchev–Trinajstić information content (AvgIpc) is 0.791. The zero-order valence-corrected chi connectivity index (χ0v) is 81.8. The minimum Gasteiger partial charge on any atom is -0.379 e. The van der Waals surface area contributed by atoms with Gasteiger partial charge in [0.2, 0.25) is 0 Å². The number of rotatable bonds is 11. The van der Waals surface area contributed by atoms with E-state index in [4.69, 9.17) is 63.1 Å². The fraction of sp³-hybridized carbons (Fsp3) is 0.197. The van der Waals surface area contributed by atoms with E-state index >= 15 is 4.39 Å². The number of aryl methyl sites for hydroxylation is 1. The van der Waals surface area contributed by atoms with Gasteiger partial charge in [0.1, 0.15) is 34.3 Å². The van der Waals surface area contributed by atoms with Crippen molar-refractivity contribution >= 4 is 50.2 Å². The van der Waals surface area contributed by atoms with Gasteiger partial charge in [0.05, 0.1) is 37.5 Å². The molecule has 8 rings (SSSR count). The molecule has 19 nitrogen and oxygen atoms in total. The van der Waals surface area contributed by atoms with Crippen molar-refractivity contribution in [1.82, 2.24) is 20.5 Å². The third-order valence-electron chi connectivity index (χ3n) is 17.3. The SMILES string of the molecule is C#CC#CC#CC#CC#CC#CC#CC#CC#CC#CC#CC#CC#CC#CC#CC#CC#CC#CC#CC#CC#CC#CC#CC#CC#CC#CC#CC#CC#CC#CC#CC#CC#CC#CC#CC#CC#CC.CNN.COC(OC)C(C(OC)OC)[C@H]1C[C@H]2[C@@H](C)SC(NC(=O)c3ccccc3)=N[C@@]2(c2ccc(F)cc2F)CO1.C[C@H]1SC(N)=N[C@@]2(c3ccc(F)cc3F)CO[C@@H](c3cnn(C)c3)C[C@@H]12.O=S(=O)(O)O. The largest absolute Gasteiger partial charge is 0.394 e. The van der Waals surface area contributed by atoms with Crippen molar-refractivity contribution < 1.29 is 68.3 Å². The second kappa shape index (κ2) is 74.2. The Balaban J connectivity index is 0.000000507. The number of thioether (sulfide) groups is 2. The van der Waals surface area contributed by atoms with Crippen LogP contribution in [0.3, 0.4) is 0 Å². The first-order valence-electron chi connectivity index (χ1n) is 41.3. The Morgan fingerprint density at radius 1 is 0.453 bits per heavy atom. The highest BCUT2D eigenvalue weighted by molar-refractivity contribution is 8.14. The molecule has 4 aliphatic heterocycles. The van der Waals surface area contributed by atoms with Crippen molar-refractivity contribution in [2.24, 2.45) is 46.4 Å². The van der Waals surface area contributed by atoms with Crippen LogP contribution in [0.2, 0.25) is 0 Å². The summed E-state index contributed by atoms with van der Waals surface area (Å²) in [5.41, 5.74) is 8.12. The van der Waals surface area contributed by atoms with E-state index in [1.807, 2.05) is 26.2 Å². The number of methoxy groups -OCH3 is 4. The molecular formula is C122H66F4N8O11S3. The quantitative estimate of drug-likeness (QED) is 0.0229. The molecule has 1 aromatic heterocycles. The lowest BCUT2D eigenvalue weighted by molar-refractivity contribution is -0.260. The summed E-state index contributed by atoms with van der Waals surface area (Å²) in [6.07, 6.45) is 7.74. The smallest absolute Gasteiger partial charge is 0.379 e. The maximum atomic E-state index is 15.4. The van der Waals surface area contributed by atoms with Gasteiger partial charge >= 0.3 is 10.4 Å². The van der Waals surface area contributed by atoms with E-state index in [9.17, 15) is 18.0 Å². The summed E-state index contributed by atoms with van der Waals surface area (Å²) in [4.78, 5) is 22.5. The molecule has 5 heterocycles. The number of halogens is 4. The monoisotopic (exact) mass is 1990 g/mol. The van der Waals surface area contributed by atoms with Crippen molar-refractivity contribution in [3.05, 3.63) is 125 Å². The average molecular weight is 1990 g/mol. The minimum absolute atomic E-state index is 0.00119. The number of aromatic nitrogens is 2. The number of nitrogens with two attached hydrogens (primary N) is 2. The van der Waals surface area contributed by atoms with Crippen molar-refractivity contribution in [2.75, 3.05) is 48.7 Å². The maximum absolute atomic E-state index is 15.4. The summed E-state index contributed by atoms with van der Waals surface area (Å²) in [5, 5.41) is 7.82. The molecule has 0 radical (unpaired) electrons. The van der Waals surface area contributed by atoms with Crippen molar-refractivity contribution in [2.45, 2.75) is 80.0 Å². The molecule has 1 amide bonds. The molecular weight excluding hydrogens is 1930 g/mol. The van der Waals surface area contributed by atoms with E-state index in [-0.39, 0.29) is 53.1 Å². The number of aliphatic imine (C=N–C) groups is 2. The lowest BCUT2D eigenvalue weighted by atomic mass is 9.71. The number of ether oxygens (including phenoxy) is 6. The maximum Gasteiger partial charge on any atom is 0.394 e. The molecule has 0 saturated carbocycles. The predicted octanol–water partition coefficient (Wildman–Crippen LogP) is 6.65. The third-order valence-corrected chi connectivity index (χ3v) is 19.4. The van der Waals surface area contributed by atoms with Gasteiger partial charge in [0.15, 0.2) is 22.9 Å². The van der Waals surface area contributed by atoms with Crippen LogP contribution in [0.4, 0.5) is 17.6 Å². The zero-order valence-electron chi connectivity index (χ0n) is 79.4. The summed E-state index contributed by atoms with van der Waals surface area (Å²) < 4.78 is 125. The van der Waals surface area contributed by atoms with Crippen LogP contribution in [-0.2, 0) is 56.9 Å². The number of hydrogen-bond acceptors (Lipinski definition) is 17. The molecule has 8 atom stereocenters. The van der Waals surface area contributed by atoms with Gasteiger partial charge in [-0.1, -0.05) is 73.6 Å². The molecule has 706 valence electrons. The number of nitrogens with zero attached hydrogens (tertiary/aromatic N) is 4. The topological polar surface area (TPSA) is 266 Å². The number of amides is 1. The van der Waals surface area contributed by atoms with Gasteiger partial charge in [-0.25, -0.2) is 27.5 Å². The Morgan fingerprint density at radius 3 is 1.01 bits per heavy atom. The predicted molar refractivity (Wildman–Crippen MR) is 562 cm³/mol. The van der Waals surface area contributed by atoms with Crippen LogP contribution in [0.1, 0.15) is 66.8 Å². The molecule has 4 aliphatic rings. The summed E-state index contributed by atoms with van der Waals surface area (Å²) in [6, 6.07) is 15.8. The Hall–Kier alpha value is -20.8. The number of fused-ring (bicyclic) bond motifs is 2. The van der Waals surface area contributed by atoms with Crippen LogP contribution in [0.5, 0.6) is 0 Å². The first-order valence-corrected chi connectivity index (χ1v) is 44.5. The third kappa shape index (κ3) is 50.1. The molecule has 0 bridgehead atoms. The number of benzene rings is 3. The first kappa shape index (κ1) is 119. The van der Waals surface area contributed by atoms with Crippen LogP contribution in [0.15, 0.2) is 89.1 Å². The highest BCUT2D eigenvalue weighted by Crippen LogP contribution is 2.54. The van der Waals surface area contributed by atoms with Crippen LogP contribution >= 0.6 is 23.5 Å². The molecule has 0 spiro atoms. The van der Waals surface area contributed by atoms with Gasteiger partial charge < -0.3 is 39.5 Å². The Labute approximate surface area is 871 Å². The Bertz CT molecular complexity index is 8590. The van der Waals surface area contributed by atoms with Gasteiger partial charge in [-0.3, -0.25) is 29.9 Å². The van der Waals surface area contributed by atoms with Crippen LogP contribution in [0.25, 0.3) is 0 Å². The second-order valence-corrected chi connectivity index (χ2v) is 30.1. The molecule has 0 unspecified atom stereocenters. The van der Waals surface area contributed by atoms with Gasteiger partial charge in [-0.2, -0.15) is 13.5 Å². The highest BCUT2D eigenvalue weighted by atomic mass is 32.3. The van der Waals surface area contributed by atoms with Crippen molar-refractivity contribution in [3.63, 3.8) is 0 Å². The van der Waals surface area contributed by atoms with E-state index < -0.39 is 69.3 Å². The van der Waals surface area contributed by atoms with Crippen LogP contribution < -0.4 is 22.3 Å². The number of carbonyl (C=O) groups excluding carboxylic acids is 1. The number of carbonyl (C=O) groups is 1. The fourth-order valence-electron chi connectivity index (χ4n) is 11.9. The van der Waals surface area contributed by atoms with E-state index in [1.54, 1.807) is 49.1 Å². The number of amidine groups is 2. The molecule has 4 aromatic rings. The number of hydrazine groups is 1. The van der Waals surface area contributed by atoms with E-state index in [1.165, 1.54) is 76.2 Å². The zero-order chi connectivity index (χ0) is 107. The summed E-state index contributed by atoms with van der Waals surface area (Å²) in [5.74, 6) is 183. The summed E-state index contributed by atoms with van der Waals surface area (Å²) in [6.45, 7) is 5.91. The molecule has 148 heavy (non-hydrogen) atoms. The molecule has 2 fully saturated rings. The number of nitrogens with one attached hydrogen (secondary N) is 2. The summed E-state index contributed by atoms with van der Waals surface area (Å²) >= 11 is 2.88. The minimum atomic E-state index is -4.67. The molecule has 8 N–H and O–H groups in total. The van der Waals surface area contributed by atoms with Gasteiger partial charge in [0.25, 0.3) is 5.91 Å². The normalized spacial score (nSPS) is 14.6. The molecule has 0 aliphatic carbocycles. The Morgan fingerprint density at radius 2 is 0.730 bits per heavy atom. The van der Waals surface area contributed by atoms with Crippen LogP contribution in [0, 0.1) is 480 Å². The Kier molecular flexibility index (Phi) is 59.9. The van der Waals surface area contributed by atoms with E-state index in [0.29, 0.717) is 34.3 Å². The number of terminal acetylenes is 1. The lowest BCUT2D eigenvalue weighted by Gasteiger charge is -2.51. The fourth-order valence-corrected chi connectivity index (χ4v) is 14.2. The number of hydrogen-bond donors (Lipinski definition) is 6. The van der Waals surface area contributed by atoms with Gasteiger partial charge in [-0.05, 0) is 146 Å². The standard InChI is InChI=1S/C75H4.C28H34F2N2O6S.C18H20F2N4OS.CH6N2.H2O4S/c1-3-5-7-9-11-13-15-17-19-21-23-25-27-29-31-33-35-37-39-41-43-45-47-49-51-53-55-57-59-61-63-65-67-69-71-73-75-74-72-70-68-66-64-62-60-58-56-54-52-50-48-46-44-42-40-38-36-34-32-30-28-26-24-22-20-18-16-14-12-10-8-6-4-2;1-16-20-14-22(23(25(34-2)35-3)26(36-4)37-5)38-15-28(20,19-12-11-18(29)13-21(19)30)32-27(39-16)31-24(33)17-9-7-6-8-10-17;1-10-14-6-16(11-7-22-24(2)8-11)25-9-18(14,23-17(21)26-10)13-4-3-12(19)5-15(13)20;1-3-2;1-5(2,3)4/h1H,2H3;6-13,16,20,22-23,25-26H,14-15H2,1-5H3,(H,31,32,33);3-5,7-8,10,14,16H,6,9H2,1-2H3,(H2,21,23);3H,2H2,1H3;(H2,1,2,3,4)/t;16-,20+,22-,28-;10-,14+,16-,18-;;/m.11../s1. The highest BCUT2D eigenvalue weighted by Gasteiger charge is 2.56. The van der Waals surface area contributed by atoms with Crippen LogP contribution in [-0.4, -0.2) is 121 Å². The molecule has 3 aromatic carbocycles. The van der Waals surface area contributed by atoms with Gasteiger partial charge in [0, 0.05) is 430 Å². The molecule has 26 heteroatoms. The van der Waals surface area contributed by atoms with E-state index in [2.05, 4.69) is 466 Å². The second-order valence-electron chi connectivity index (χ2n) is 26.5. The first-order chi connectivity index (χ1) is 72.0. The van der Waals surface area contributed by atoms with Gasteiger partial charge in [-0.15, -0.1) is 6.42 Å².